The number of esters is 1. The minimum atomic E-state index is -0.547. The summed E-state index contributed by atoms with van der Waals surface area (Å²) in [7, 11) is 1.37. The van der Waals surface area contributed by atoms with Crippen molar-refractivity contribution >= 4 is 12.1 Å². The van der Waals surface area contributed by atoms with Crippen LogP contribution in [0.3, 0.4) is 0 Å². The summed E-state index contributed by atoms with van der Waals surface area (Å²) in [4.78, 5) is 25.9. The maximum atomic E-state index is 12.3. The number of nitrogens with zero attached hydrogens (tertiary/aromatic N) is 1. The van der Waals surface area contributed by atoms with Crippen molar-refractivity contribution in [2.75, 3.05) is 7.11 Å². The van der Waals surface area contributed by atoms with Crippen LogP contribution in [0.15, 0.2) is 0 Å². The van der Waals surface area contributed by atoms with E-state index in [2.05, 4.69) is 0 Å². The van der Waals surface area contributed by atoms with Crippen molar-refractivity contribution in [1.29, 1.82) is 0 Å². The normalized spacial score (nSPS) is 30.1. The molecule has 0 aromatic carbocycles. The minimum absolute atomic E-state index is 0.115. The summed E-state index contributed by atoms with van der Waals surface area (Å²) in [6.07, 6.45) is 3.50. The van der Waals surface area contributed by atoms with Crippen molar-refractivity contribution in [2.24, 2.45) is 5.92 Å². The second-order valence-electron chi connectivity index (χ2n) is 6.42. The van der Waals surface area contributed by atoms with E-state index in [0.717, 1.165) is 25.7 Å². The number of hydrogen-bond acceptors (Lipinski definition) is 4. The fraction of sp³-hybridized carbons (Fsp3) is 0.857. The van der Waals surface area contributed by atoms with Crippen molar-refractivity contribution in [3.63, 3.8) is 0 Å². The quantitative estimate of drug-likeness (QED) is 0.686. The second-order valence-corrected chi connectivity index (χ2v) is 6.42. The van der Waals surface area contributed by atoms with Gasteiger partial charge in [-0.2, -0.15) is 0 Å². The summed E-state index contributed by atoms with van der Waals surface area (Å²) in [5, 5.41) is 0. The van der Waals surface area contributed by atoms with E-state index in [4.69, 9.17) is 9.47 Å². The molecule has 2 saturated heterocycles. The number of hydrogen-bond donors (Lipinski definition) is 0. The van der Waals surface area contributed by atoms with Gasteiger partial charge < -0.3 is 9.47 Å². The molecule has 1 amide bonds. The monoisotopic (exact) mass is 269 g/mol. The standard InChI is InChI=1S/C14H23NO4/c1-14(2,3)19-13(17)15-10-7-5-9(6-8-10)11(15)12(16)18-4/h9-11H,5-8H2,1-4H3/t9?,10?,11-/m0/s1. The Bertz CT molecular complexity index is 366. The lowest BCUT2D eigenvalue weighted by atomic mass is 9.75. The van der Waals surface area contributed by atoms with E-state index in [-0.39, 0.29) is 17.9 Å². The number of piperidine rings is 2. The molecule has 5 heteroatoms. The van der Waals surface area contributed by atoms with Crippen LogP contribution in [0.4, 0.5) is 4.79 Å². The van der Waals surface area contributed by atoms with Gasteiger partial charge in [0.15, 0.2) is 0 Å². The SMILES string of the molecule is COC(=O)[C@@H]1C2CCC(CC2)N1C(=O)OC(C)(C)C. The van der Waals surface area contributed by atoms with E-state index in [0.29, 0.717) is 0 Å². The van der Waals surface area contributed by atoms with E-state index >= 15 is 0 Å². The predicted molar refractivity (Wildman–Crippen MR) is 69.6 cm³/mol. The van der Waals surface area contributed by atoms with Gasteiger partial charge in [0.05, 0.1) is 7.11 Å². The molecule has 3 fully saturated rings. The van der Waals surface area contributed by atoms with E-state index in [1.807, 2.05) is 20.8 Å². The van der Waals surface area contributed by atoms with Crippen LogP contribution in [0, 0.1) is 5.92 Å². The number of ether oxygens (including phenoxy) is 2. The molecular weight excluding hydrogens is 246 g/mol. The van der Waals surface area contributed by atoms with E-state index in [1.54, 1.807) is 4.90 Å². The summed E-state index contributed by atoms with van der Waals surface area (Å²) in [5.74, 6) is -0.106. The van der Waals surface area contributed by atoms with Gasteiger partial charge in [0, 0.05) is 6.04 Å². The molecule has 0 unspecified atom stereocenters. The number of carbonyl (C=O) groups is 2. The fourth-order valence-electron chi connectivity index (χ4n) is 3.15. The molecule has 0 aromatic rings. The Kier molecular flexibility index (Phi) is 3.74. The number of methoxy groups -OCH3 is 1. The zero-order chi connectivity index (χ0) is 14.2. The molecule has 1 atom stereocenters. The highest BCUT2D eigenvalue weighted by Gasteiger charge is 2.49. The zero-order valence-corrected chi connectivity index (χ0v) is 12.1. The lowest BCUT2D eigenvalue weighted by Crippen LogP contribution is -2.61. The summed E-state index contributed by atoms with van der Waals surface area (Å²) >= 11 is 0. The van der Waals surface area contributed by atoms with Gasteiger partial charge in [-0.3, -0.25) is 4.90 Å². The third-order valence-corrected chi connectivity index (χ3v) is 3.93. The summed E-state index contributed by atoms with van der Waals surface area (Å²) in [5.41, 5.74) is -0.547. The number of amides is 1. The molecule has 0 N–H and O–H groups in total. The molecule has 19 heavy (non-hydrogen) atoms. The Hall–Kier alpha value is -1.26. The van der Waals surface area contributed by atoms with Crippen LogP contribution in [-0.4, -0.2) is 41.8 Å². The summed E-state index contributed by atoms with van der Waals surface area (Å²) in [6.45, 7) is 5.50. The Morgan fingerprint density at radius 3 is 2.16 bits per heavy atom. The zero-order valence-electron chi connectivity index (χ0n) is 12.1. The van der Waals surface area contributed by atoms with Gasteiger partial charge in [0.2, 0.25) is 0 Å². The molecule has 108 valence electrons. The molecule has 2 heterocycles. The third-order valence-electron chi connectivity index (χ3n) is 3.93. The minimum Gasteiger partial charge on any atom is -0.467 e. The molecule has 1 aliphatic carbocycles. The van der Waals surface area contributed by atoms with Crippen LogP contribution in [0.25, 0.3) is 0 Å². The highest BCUT2D eigenvalue weighted by Crippen LogP contribution is 2.40. The average molecular weight is 269 g/mol. The maximum Gasteiger partial charge on any atom is 0.411 e. The molecule has 0 radical (unpaired) electrons. The lowest BCUT2D eigenvalue weighted by molar-refractivity contribution is -0.155. The van der Waals surface area contributed by atoms with Crippen LogP contribution in [0.2, 0.25) is 0 Å². The third kappa shape index (κ3) is 2.85. The van der Waals surface area contributed by atoms with E-state index < -0.39 is 17.7 Å². The first-order valence-electron chi connectivity index (χ1n) is 6.92. The van der Waals surface area contributed by atoms with Gasteiger partial charge in [-0.1, -0.05) is 0 Å². The van der Waals surface area contributed by atoms with Crippen molar-refractivity contribution in [2.45, 2.75) is 64.1 Å². The van der Waals surface area contributed by atoms with Crippen LogP contribution >= 0.6 is 0 Å². The largest absolute Gasteiger partial charge is 0.467 e. The fourth-order valence-corrected chi connectivity index (χ4v) is 3.15. The van der Waals surface area contributed by atoms with Crippen LogP contribution in [0.1, 0.15) is 46.5 Å². The van der Waals surface area contributed by atoms with Gasteiger partial charge >= 0.3 is 12.1 Å². The highest BCUT2D eigenvalue weighted by molar-refractivity contribution is 5.82. The van der Waals surface area contributed by atoms with Gasteiger partial charge in [-0.05, 0) is 52.4 Å². The van der Waals surface area contributed by atoms with E-state index in [1.165, 1.54) is 7.11 Å². The molecule has 2 aliphatic heterocycles. The first-order chi connectivity index (χ1) is 8.83. The van der Waals surface area contributed by atoms with Crippen molar-refractivity contribution in [3.8, 4) is 0 Å². The van der Waals surface area contributed by atoms with Crippen molar-refractivity contribution < 1.29 is 19.1 Å². The van der Waals surface area contributed by atoms with Gasteiger partial charge in [-0.15, -0.1) is 0 Å². The molecule has 2 bridgehead atoms. The first kappa shape index (κ1) is 14.2. The molecule has 1 saturated carbocycles. The number of fused-ring (bicyclic) bond motifs is 3. The Morgan fingerprint density at radius 1 is 1.11 bits per heavy atom. The van der Waals surface area contributed by atoms with Crippen molar-refractivity contribution in [3.05, 3.63) is 0 Å². The van der Waals surface area contributed by atoms with Gasteiger partial charge in [-0.25, -0.2) is 9.59 Å². The molecular formula is C14H23NO4. The first-order valence-corrected chi connectivity index (χ1v) is 6.92. The molecule has 3 aliphatic rings. The topological polar surface area (TPSA) is 55.8 Å². The van der Waals surface area contributed by atoms with Gasteiger partial charge in [0.1, 0.15) is 11.6 Å². The Morgan fingerprint density at radius 2 is 1.68 bits per heavy atom. The molecule has 3 rings (SSSR count). The number of rotatable bonds is 1. The molecule has 0 aromatic heterocycles. The van der Waals surface area contributed by atoms with Crippen LogP contribution < -0.4 is 0 Å². The van der Waals surface area contributed by atoms with E-state index in [9.17, 15) is 9.59 Å². The smallest absolute Gasteiger partial charge is 0.411 e. The molecule has 0 spiro atoms. The Balaban J connectivity index is 2.19. The van der Waals surface area contributed by atoms with Crippen LogP contribution in [0.5, 0.6) is 0 Å². The number of carbonyl (C=O) groups excluding carboxylic acids is 2. The summed E-state index contributed by atoms with van der Waals surface area (Å²) in [6, 6.07) is -0.351. The Labute approximate surface area is 114 Å². The predicted octanol–water partition coefficient (Wildman–Crippen LogP) is 2.34. The van der Waals surface area contributed by atoms with Crippen LogP contribution in [-0.2, 0) is 14.3 Å². The van der Waals surface area contributed by atoms with Gasteiger partial charge in [0.25, 0.3) is 0 Å². The average Bonchev–Trinajstić information content (AvgIpc) is 2.36. The second kappa shape index (κ2) is 5.02. The lowest BCUT2D eigenvalue weighted by Gasteiger charge is -2.49. The molecule has 5 nitrogen and oxygen atoms in total. The summed E-state index contributed by atoms with van der Waals surface area (Å²) < 4.78 is 10.3. The van der Waals surface area contributed by atoms with Crippen molar-refractivity contribution in [1.82, 2.24) is 4.90 Å². The highest BCUT2D eigenvalue weighted by atomic mass is 16.6. The maximum absolute atomic E-state index is 12.3.